The third-order valence-electron chi connectivity index (χ3n) is 2.27. The van der Waals surface area contributed by atoms with Gasteiger partial charge in [-0.15, -0.1) is 0 Å². The molecule has 0 heterocycles. The predicted molar refractivity (Wildman–Crippen MR) is 58.6 cm³/mol. The first-order valence-electron chi connectivity index (χ1n) is 4.67. The molecule has 13 heavy (non-hydrogen) atoms. The van der Waals surface area contributed by atoms with Crippen LogP contribution < -0.4 is 16.2 Å². The van der Waals surface area contributed by atoms with E-state index in [9.17, 15) is 0 Å². The second kappa shape index (κ2) is 4.13. The highest BCUT2D eigenvalue weighted by atomic mass is 14.5. The maximum atomic E-state index is 5.51. The summed E-state index contributed by atoms with van der Waals surface area (Å²) in [5.41, 5.74) is 6.87. The lowest BCUT2D eigenvalue weighted by Crippen LogP contribution is -2.26. The Hall–Kier alpha value is -1.24. The van der Waals surface area contributed by atoms with E-state index in [1.165, 1.54) is 10.8 Å². The van der Waals surface area contributed by atoms with Gasteiger partial charge in [0.2, 0.25) is 0 Å². The number of rotatable bonds is 1. The van der Waals surface area contributed by atoms with Gasteiger partial charge in [-0.2, -0.15) is 0 Å². The van der Waals surface area contributed by atoms with E-state index in [-0.39, 0.29) is 0 Å². The van der Waals surface area contributed by atoms with E-state index < -0.39 is 0 Å². The predicted octanol–water partition coefficient (Wildman–Crippen LogP) is 1.31. The van der Waals surface area contributed by atoms with Crippen LogP contribution in [0, 0.1) is 0 Å². The van der Waals surface area contributed by atoms with Gasteiger partial charge in [0.1, 0.15) is 0 Å². The number of hydrogen-bond donors (Lipinski definition) is 1. The third kappa shape index (κ3) is 2.11. The highest BCUT2D eigenvalue weighted by Crippen LogP contribution is 2.09. The molecule has 0 saturated heterocycles. The molecule has 0 aromatic heterocycles. The van der Waals surface area contributed by atoms with Crippen molar-refractivity contribution in [2.45, 2.75) is 26.7 Å². The Morgan fingerprint density at radius 3 is 2.38 bits per heavy atom. The highest BCUT2D eigenvalue weighted by Gasteiger charge is 1.97. The van der Waals surface area contributed by atoms with E-state index in [4.69, 9.17) is 5.73 Å². The molecule has 0 aliphatic carbocycles. The maximum absolute atomic E-state index is 5.51. The minimum absolute atomic E-state index is 0.575. The molecule has 0 unspecified atom stereocenters. The van der Waals surface area contributed by atoms with E-state index in [1.807, 2.05) is 6.92 Å². The van der Waals surface area contributed by atoms with Crippen LogP contribution in [0.25, 0.3) is 12.3 Å². The lowest BCUT2D eigenvalue weighted by Gasteiger charge is -2.04. The Bertz CT molecular complexity index is 388. The van der Waals surface area contributed by atoms with Crippen LogP contribution in [0.2, 0.25) is 0 Å². The first-order chi connectivity index (χ1) is 6.19. The van der Waals surface area contributed by atoms with Gasteiger partial charge in [0.05, 0.1) is 0 Å². The van der Waals surface area contributed by atoms with Gasteiger partial charge < -0.3 is 5.73 Å². The van der Waals surface area contributed by atoms with E-state index in [0.29, 0.717) is 5.92 Å². The molecule has 1 heteroatoms. The van der Waals surface area contributed by atoms with Crippen LogP contribution in [0.1, 0.15) is 32.3 Å². The fraction of sp³-hybridized carbons (Fsp3) is 0.333. The van der Waals surface area contributed by atoms with Crippen LogP contribution in [0.5, 0.6) is 0 Å². The summed E-state index contributed by atoms with van der Waals surface area (Å²) in [5, 5.41) is 2.32. The molecule has 0 saturated carbocycles. The highest BCUT2D eigenvalue weighted by molar-refractivity contribution is 5.32. The maximum Gasteiger partial charge on any atom is 0.00174 e. The molecule has 0 atom stereocenters. The van der Waals surface area contributed by atoms with Gasteiger partial charge in [-0.3, -0.25) is 0 Å². The summed E-state index contributed by atoms with van der Waals surface area (Å²) in [5.74, 6) is 0.575. The van der Waals surface area contributed by atoms with Gasteiger partial charge in [0, 0.05) is 6.20 Å². The van der Waals surface area contributed by atoms with Crippen LogP contribution in [0.3, 0.4) is 0 Å². The first-order valence-corrected chi connectivity index (χ1v) is 4.67. The molecule has 0 fully saturated rings. The van der Waals surface area contributed by atoms with Crippen LogP contribution in [0.15, 0.2) is 18.2 Å². The van der Waals surface area contributed by atoms with Crippen LogP contribution in [-0.2, 0) is 0 Å². The van der Waals surface area contributed by atoms with Crippen molar-refractivity contribution in [1.82, 2.24) is 0 Å². The molecule has 2 N–H and O–H groups in total. The molecule has 0 bridgehead atoms. The molecule has 0 spiro atoms. The Morgan fingerprint density at radius 2 is 1.92 bits per heavy atom. The van der Waals surface area contributed by atoms with Crippen molar-refractivity contribution in [3.8, 4) is 0 Å². The van der Waals surface area contributed by atoms with E-state index >= 15 is 0 Å². The van der Waals surface area contributed by atoms with Crippen LogP contribution in [-0.4, -0.2) is 0 Å². The van der Waals surface area contributed by atoms with E-state index in [2.05, 4.69) is 38.1 Å². The standard InChI is InChI=1S/C12H17N/c1-4-10-7-11(9(2)3)5-6-12(10)8-13/h4-9H,13H2,1-3H3/b10-4-,12-8-. The van der Waals surface area contributed by atoms with Gasteiger partial charge in [-0.05, 0) is 28.8 Å². The summed E-state index contributed by atoms with van der Waals surface area (Å²) in [6, 6.07) is 6.41. The molecule has 0 aliphatic heterocycles. The first kappa shape index (κ1) is 9.85. The van der Waals surface area contributed by atoms with Gasteiger partial charge in [0.25, 0.3) is 0 Å². The fourth-order valence-electron chi connectivity index (χ4n) is 1.35. The lowest BCUT2D eigenvalue weighted by molar-refractivity contribution is 0.864. The van der Waals surface area contributed by atoms with Gasteiger partial charge in [-0.1, -0.05) is 38.1 Å². The van der Waals surface area contributed by atoms with Crippen molar-refractivity contribution in [3.05, 3.63) is 34.2 Å². The number of hydrogen-bond acceptors (Lipinski definition) is 1. The molecular weight excluding hydrogens is 158 g/mol. The lowest BCUT2D eigenvalue weighted by atomic mass is 10.0. The molecule has 0 amide bonds. The van der Waals surface area contributed by atoms with Crippen molar-refractivity contribution in [1.29, 1.82) is 0 Å². The normalized spacial score (nSPS) is 14.2. The Kier molecular flexibility index (Phi) is 3.13. The minimum atomic E-state index is 0.575. The molecule has 1 aromatic carbocycles. The number of nitrogens with two attached hydrogens (primary N) is 1. The Morgan fingerprint density at radius 1 is 1.23 bits per heavy atom. The Balaban J connectivity index is 3.40. The molecule has 1 aromatic rings. The molecule has 1 rings (SSSR count). The summed E-state index contributed by atoms with van der Waals surface area (Å²) in [4.78, 5) is 0. The van der Waals surface area contributed by atoms with Crippen molar-refractivity contribution >= 4 is 12.3 Å². The zero-order chi connectivity index (χ0) is 9.84. The topological polar surface area (TPSA) is 26.0 Å². The summed E-state index contributed by atoms with van der Waals surface area (Å²) in [7, 11) is 0. The fourth-order valence-corrected chi connectivity index (χ4v) is 1.35. The molecule has 1 nitrogen and oxygen atoms in total. The second-order valence-electron chi connectivity index (χ2n) is 3.50. The molecule has 0 radical (unpaired) electrons. The third-order valence-corrected chi connectivity index (χ3v) is 2.27. The quantitative estimate of drug-likeness (QED) is 0.684. The summed E-state index contributed by atoms with van der Waals surface area (Å²) in [6.45, 7) is 6.42. The van der Waals surface area contributed by atoms with Gasteiger partial charge in [0.15, 0.2) is 0 Å². The average Bonchev–Trinajstić information content (AvgIpc) is 2.16. The second-order valence-corrected chi connectivity index (χ2v) is 3.50. The van der Waals surface area contributed by atoms with Crippen molar-refractivity contribution in [2.75, 3.05) is 0 Å². The van der Waals surface area contributed by atoms with Gasteiger partial charge >= 0.3 is 0 Å². The zero-order valence-electron chi connectivity index (χ0n) is 8.54. The molecule has 0 aliphatic rings. The van der Waals surface area contributed by atoms with Crippen LogP contribution >= 0.6 is 0 Å². The smallest absolute Gasteiger partial charge is 0.00174 e. The summed E-state index contributed by atoms with van der Waals surface area (Å²) in [6.07, 6.45) is 3.74. The van der Waals surface area contributed by atoms with E-state index in [0.717, 1.165) is 5.22 Å². The van der Waals surface area contributed by atoms with E-state index in [1.54, 1.807) is 6.20 Å². The summed E-state index contributed by atoms with van der Waals surface area (Å²) < 4.78 is 0. The largest absolute Gasteiger partial charge is 0.404 e. The van der Waals surface area contributed by atoms with Gasteiger partial charge in [-0.25, -0.2) is 0 Å². The van der Waals surface area contributed by atoms with Crippen LogP contribution in [0.4, 0.5) is 0 Å². The SMILES string of the molecule is C/C=c1/cc(C(C)C)cc/c1=C/N. The summed E-state index contributed by atoms with van der Waals surface area (Å²) >= 11 is 0. The number of benzene rings is 1. The van der Waals surface area contributed by atoms with Crippen molar-refractivity contribution in [3.63, 3.8) is 0 Å². The zero-order valence-corrected chi connectivity index (χ0v) is 8.54. The Labute approximate surface area is 79.6 Å². The molecular formula is C12H17N. The monoisotopic (exact) mass is 175 g/mol. The van der Waals surface area contributed by atoms with Crippen molar-refractivity contribution < 1.29 is 0 Å². The van der Waals surface area contributed by atoms with Crippen molar-refractivity contribution in [2.24, 2.45) is 5.73 Å². The average molecular weight is 175 g/mol. The minimum Gasteiger partial charge on any atom is -0.404 e. The molecule has 70 valence electrons.